The molecule has 1 aromatic heterocycles. The molecule has 0 radical (unpaired) electrons. The van der Waals surface area contributed by atoms with Gasteiger partial charge in [-0.3, -0.25) is 4.68 Å². The van der Waals surface area contributed by atoms with Crippen LogP contribution in [0.1, 0.15) is 31.9 Å². The fourth-order valence-corrected chi connectivity index (χ4v) is 2.07. The van der Waals surface area contributed by atoms with E-state index >= 15 is 0 Å². The first-order valence-electron chi connectivity index (χ1n) is 6.40. The normalized spacial score (nSPS) is 11.6. The van der Waals surface area contributed by atoms with Gasteiger partial charge in [0.2, 0.25) is 0 Å². The number of aryl methyl sites for hydroxylation is 1. The van der Waals surface area contributed by atoms with Crippen molar-refractivity contribution in [3.8, 4) is 0 Å². The molecule has 2 aromatic rings. The summed E-state index contributed by atoms with van der Waals surface area (Å²) < 4.78 is 1.98. The second-order valence-electron chi connectivity index (χ2n) is 5.78. The van der Waals surface area contributed by atoms with Crippen molar-refractivity contribution in [2.45, 2.75) is 39.8 Å². The van der Waals surface area contributed by atoms with Crippen LogP contribution in [-0.4, -0.2) is 9.78 Å². The molecule has 0 amide bonds. The van der Waals surface area contributed by atoms with Crippen LogP contribution >= 0.6 is 11.6 Å². The molecule has 19 heavy (non-hydrogen) atoms. The maximum absolute atomic E-state index is 5.95. The first-order valence-corrected chi connectivity index (χ1v) is 6.78. The summed E-state index contributed by atoms with van der Waals surface area (Å²) in [6.45, 7) is 9.23. The molecule has 0 saturated heterocycles. The Morgan fingerprint density at radius 2 is 2.05 bits per heavy atom. The Hall–Kier alpha value is -1.48. The molecule has 1 aromatic carbocycles. The Morgan fingerprint density at radius 1 is 1.32 bits per heavy atom. The van der Waals surface area contributed by atoms with E-state index in [-0.39, 0.29) is 5.54 Å². The minimum atomic E-state index is 0.0223. The summed E-state index contributed by atoms with van der Waals surface area (Å²) in [5, 5.41) is 8.57. The average Bonchev–Trinajstić information content (AvgIpc) is 2.76. The van der Waals surface area contributed by atoms with Crippen molar-refractivity contribution >= 4 is 17.3 Å². The fourth-order valence-electron chi connectivity index (χ4n) is 1.84. The van der Waals surface area contributed by atoms with Gasteiger partial charge >= 0.3 is 0 Å². The molecule has 102 valence electrons. The molecule has 0 aliphatic rings. The van der Waals surface area contributed by atoms with Gasteiger partial charge in [-0.2, -0.15) is 5.10 Å². The molecule has 4 heteroatoms. The molecule has 0 aliphatic heterocycles. The van der Waals surface area contributed by atoms with Gasteiger partial charge < -0.3 is 5.32 Å². The van der Waals surface area contributed by atoms with Crippen molar-refractivity contribution in [2.75, 3.05) is 5.32 Å². The summed E-state index contributed by atoms with van der Waals surface area (Å²) in [5.41, 5.74) is 3.45. The summed E-state index contributed by atoms with van der Waals surface area (Å²) in [6, 6.07) is 5.86. The lowest BCUT2D eigenvalue weighted by Crippen LogP contribution is -2.21. The topological polar surface area (TPSA) is 29.9 Å². The van der Waals surface area contributed by atoms with Crippen LogP contribution in [0.4, 0.5) is 5.69 Å². The molecule has 0 atom stereocenters. The summed E-state index contributed by atoms with van der Waals surface area (Å²) >= 11 is 5.95. The SMILES string of the molecule is Cc1cc(Cl)ccc1NCc1cnn(C(C)(C)C)c1. The molecule has 0 aliphatic carbocycles. The molecule has 0 fully saturated rings. The van der Waals surface area contributed by atoms with Crippen LogP contribution in [-0.2, 0) is 12.1 Å². The van der Waals surface area contributed by atoms with Crippen molar-refractivity contribution in [3.05, 3.63) is 46.7 Å². The number of rotatable bonds is 3. The smallest absolute Gasteiger partial charge is 0.0543 e. The quantitative estimate of drug-likeness (QED) is 0.911. The molecule has 0 unspecified atom stereocenters. The predicted octanol–water partition coefficient (Wildman–Crippen LogP) is 4.21. The molecule has 1 heterocycles. The molecular weight excluding hydrogens is 258 g/mol. The van der Waals surface area contributed by atoms with Crippen molar-refractivity contribution in [1.29, 1.82) is 0 Å². The van der Waals surface area contributed by atoms with Crippen molar-refractivity contribution in [1.82, 2.24) is 9.78 Å². The van der Waals surface area contributed by atoms with Crippen molar-refractivity contribution < 1.29 is 0 Å². The monoisotopic (exact) mass is 277 g/mol. The van der Waals surface area contributed by atoms with Gasteiger partial charge in [0.05, 0.1) is 11.7 Å². The van der Waals surface area contributed by atoms with E-state index in [1.807, 2.05) is 36.0 Å². The average molecular weight is 278 g/mol. The molecular formula is C15H20ClN3. The number of hydrogen-bond donors (Lipinski definition) is 1. The minimum Gasteiger partial charge on any atom is -0.381 e. The Labute approximate surface area is 119 Å². The molecule has 0 bridgehead atoms. The van der Waals surface area contributed by atoms with Crippen LogP contribution in [0, 0.1) is 6.92 Å². The minimum absolute atomic E-state index is 0.0223. The van der Waals surface area contributed by atoms with E-state index in [9.17, 15) is 0 Å². The second kappa shape index (κ2) is 5.25. The van der Waals surface area contributed by atoms with Gasteiger partial charge in [-0.1, -0.05) is 11.6 Å². The van der Waals surface area contributed by atoms with Gasteiger partial charge in [0, 0.05) is 29.0 Å². The van der Waals surface area contributed by atoms with Crippen LogP contribution in [0.2, 0.25) is 5.02 Å². The number of nitrogens with zero attached hydrogens (tertiary/aromatic N) is 2. The molecule has 0 spiro atoms. The second-order valence-corrected chi connectivity index (χ2v) is 6.21. The Bertz CT molecular complexity index is 567. The first-order chi connectivity index (χ1) is 8.86. The molecule has 0 saturated carbocycles. The first kappa shape index (κ1) is 13.9. The fraction of sp³-hybridized carbons (Fsp3) is 0.400. The van der Waals surface area contributed by atoms with E-state index < -0.39 is 0 Å². The number of aromatic nitrogens is 2. The molecule has 2 rings (SSSR count). The maximum atomic E-state index is 5.95. The predicted molar refractivity (Wildman–Crippen MR) is 80.7 cm³/mol. The number of hydrogen-bond acceptors (Lipinski definition) is 2. The lowest BCUT2D eigenvalue weighted by atomic mass is 10.1. The van der Waals surface area contributed by atoms with Gasteiger partial charge in [-0.05, 0) is 51.5 Å². The van der Waals surface area contributed by atoms with Crippen LogP contribution in [0.5, 0.6) is 0 Å². The summed E-state index contributed by atoms with van der Waals surface area (Å²) in [4.78, 5) is 0. The van der Waals surface area contributed by atoms with Gasteiger partial charge in [0.15, 0.2) is 0 Å². The van der Waals surface area contributed by atoms with Crippen molar-refractivity contribution in [2.24, 2.45) is 0 Å². The van der Waals surface area contributed by atoms with E-state index in [4.69, 9.17) is 11.6 Å². The highest BCUT2D eigenvalue weighted by molar-refractivity contribution is 6.30. The van der Waals surface area contributed by atoms with E-state index in [1.165, 1.54) is 5.56 Å². The highest BCUT2D eigenvalue weighted by Crippen LogP contribution is 2.20. The van der Waals surface area contributed by atoms with Crippen LogP contribution in [0.3, 0.4) is 0 Å². The van der Waals surface area contributed by atoms with Crippen LogP contribution in [0.15, 0.2) is 30.6 Å². The van der Waals surface area contributed by atoms with E-state index in [2.05, 4.69) is 37.4 Å². The third kappa shape index (κ3) is 3.51. The Kier molecular flexibility index (Phi) is 3.85. The van der Waals surface area contributed by atoms with Crippen LogP contribution < -0.4 is 5.32 Å². The lowest BCUT2D eigenvalue weighted by Gasteiger charge is -2.18. The Balaban J connectivity index is 2.04. The van der Waals surface area contributed by atoms with Crippen molar-refractivity contribution in [3.63, 3.8) is 0 Å². The molecule has 1 N–H and O–H groups in total. The summed E-state index contributed by atoms with van der Waals surface area (Å²) in [5.74, 6) is 0. The number of anilines is 1. The van der Waals surface area contributed by atoms with E-state index in [0.29, 0.717) is 0 Å². The largest absolute Gasteiger partial charge is 0.381 e. The van der Waals surface area contributed by atoms with Gasteiger partial charge in [-0.15, -0.1) is 0 Å². The zero-order chi connectivity index (χ0) is 14.0. The third-order valence-corrected chi connectivity index (χ3v) is 3.23. The highest BCUT2D eigenvalue weighted by Gasteiger charge is 2.13. The highest BCUT2D eigenvalue weighted by atomic mass is 35.5. The van der Waals surface area contributed by atoms with E-state index in [0.717, 1.165) is 22.8 Å². The summed E-state index contributed by atoms with van der Waals surface area (Å²) in [6.07, 6.45) is 3.99. The third-order valence-electron chi connectivity index (χ3n) is 2.99. The zero-order valence-electron chi connectivity index (χ0n) is 11.9. The standard InChI is InChI=1S/C15H20ClN3/c1-11-7-13(16)5-6-14(11)17-8-12-9-18-19(10-12)15(2,3)4/h5-7,9-10,17H,8H2,1-4H3. The van der Waals surface area contributed by atoms with Crippen LogP contribution in [0.25, 0.3) is 0 Å². The Morgan fingerprint density at radius 3 is 2.63 bits per heavy atom. The van der Waals surface area contributed by atoms with Gasteiger partial charge in [0.1, 0.15) is 0 Å². The molecule has 3 nitrogen and oxygen atoms in total. The number of benzene rings is 1. The maximum Gasteiger partial charge on any atom is 0.0543 e. The van der Waals surface area contributed by atoms with Gasteiger partial charge in [-0.25, -0.2) is 0 Å². The van der Waals surface area contributed by atoms with E-state index in [1.54, 1.807) is 0 Å². The number of halogens is 1. The summed E-state index contributed by atoms with van der Waals surface area (Å²) in [7, 11) is 0. The number of nitrogens with one attached hydrogen (secondary N) is 1. The van der Waals surface area contributed by atoms with Gasteiger partial charge in [0.25, 0.3) is 0 Å². The lowest BCUT2D eigenvalue weighted by molar-refractivity contribution is 0.355. The zero-order valence-corrected chi connectivity index (χ0v) is 12.6.